The van der Waals surface area contributed by atoms with E-state index in [0.29, 0.717) is 5.16 Å². The van der Waals surface area contributed by atoms with Gasteiger partial charge in [0, 0.05) is 10.2 Å². The lowest BCUT2D eigenvalue weighted by molar-refractivity contribution is -0.113. The van der Waals surface area contributed by atoms with E-state index in [9.17, 15) is 9.59 Å². The summed E-state index contributed by atoms with van der Waals surface area (Å²) in [5, 5.41) is 14.9. The number of rotatable bonds is 4. The number of hydrogen-bond donors (Lipinski definition) is 2. The summed E-state index contributed by atoms with van der Waals surface area (Å²) >= 11 is 4.56. The van der Waals surface area contributed by atoms with Crippen molar-refractivity contribution in [2.24, 2.45) is 0 Å². The molecule has 3 rings (SSSR count). The summed E-state index contributed by atoms with van der Waals surface area (Å²) in [6.45, 7) is 1.92. The molecule has 8 nitrogen and oxygen atoms in total. The highest BCUT2D eigenvalue weighted by atomic mass is 79.9. The third-order valence-electron chi connectivity index (χ3n) is 2.93. The molecule has 2 heterocycles. The van der Waals surface area contributed by atoms with Gasteiger partial charge in [-0.05, 0) is 30.7 Å². The molecule has 0 spiro atoms. The zero-order chi connectivity index (χ0) is 16.4. The number of carbonyl (C=O) groups is 1. The summed E-state index contributed by atoms with van der Waals surface area (Å²) in [7, 11) is 0. The van der Waals surface area contributed by atoms with Crippen molar-refractivity contribution in [2.45, 2.75) is 12.1 Å². The molecule has 0 aliphatic heterocycles. The summed E-state index contributed by atoms with van der Waals surface area (Å²) in [6.07, 6.45) is 1.13. The second kappa shape index (κ2) is 6.50. The largest absolute Gasteiger partial charge is 0.325 e. The smallest absolute Gasteiger partial charge is 0.271 e. The summed E-state index contributed by atoms with van der Waals surface area (Å²) in [6, 6.07) is 5.62. The molecule has 0 radical (unpaired) electrons. The number of benzene rings is 1. The van der Waals surface area contributed by atoms with Gasteiger partial charge in [-0.15, -0.1) is 10.2 Å². The maximum absolute atomic E-state index is 12.1. The number of aromatic nitrogens is 5. The molecule has 0 saturated heterocycles. The van der Waals surface area contributed by atoms with Gasteiger partial charge in [0.05, 0.1) is 5.75 Å². The number of nitrogens with one attached hydrogen (secondary N) is 2. The normalized spacial score (nSPS) is 10.9. The van der Waals surface area contributed by atoms with Crippen molar-refractivity contribution in [1.29, 1.82) is 0 Å². The molecule has 3 aromatic rings. The molecule has 2 aromatic heterocycles. The van der Waals surface area contributed by atoms with Crippen LogP contribution in [0.25, 0.3) is 5.78 Å². The second-order valence-corrected chi connectivity index (χ2v) is 6.51. The van der Waals surface area contributed by atoms with Crippen LogP contribution in [-0.2, 0) is 4.79 Å². The number of hydrogen-bond acceptors (Lipinski definition) is 6. The predicted molar refractivity (Wildman–Crippen MR) is 89.6 cm³/mol. The monoisotopic (exact) mass is 394 g/mol. The molecule has 23 heavy (non-hydrogen) atoms. The molecule has 118 valence electrons. The highest BCUT2D eigenvalue weighted by molar-refractivity contribution is 9.10. The van der Waals surface area contributed by atoms with Crippen LogP contribution < -0.4 is 10.9 Å². The first-order valence-electron chi connectivity index (χ1n) is 6.52. The van der Waals surface area contributed by atoms with Crippen LogP contribution in [0.15, 0.2) is 38.8 Å². The van der Waals surface area contributed by atoms with E-state index in [1.54, 1.807) is 0 Å². The molecule has 0 atom stereocenters. The summed E-state index contributed by atoms with van der Waals surface area (Å²) < 4.78 is 2.34. The van der Waals surface area contributed by atoms with Crippen LogP contribution in [0, 0.1) is 6.92 Å². The minimum Gasteiger partial charge on any atom is -0.325 e. The Bertz CT molecular complexity index is 938. The van der Waals surface area contributed by atoms with Crippen LogP contribution in [0.2, 0.25) is 0 Å². The average Bonchev–Trinajstić information content (AvgIpc) is 2.90. The van der Waals surface area contributed by atoms with E-state index in [2.05, 4.69) is 41.5 Å². The fourth-order valence-corrected chi connectivity index (χ4v) is 3.04. The minimum absolute atomic E-state index is 0.150. The Morgan fingerprint density at radius 3 is 3.04 bits per heavy atom. The van der Waals surface area contributed by atoms with E-state index < -0.39 is 0 Å². The van der Waals surface area contributed by atoms with Crippen LogP contribution in [0.4, 0.5) is 5.69 Å². The van der Waals surface area contributed by atoms with Gasteiger partial charge in [-0.3, -0.25) is 14.6 Å². The van der Waals surface area contributed by atoms with Gasteiger partial charge in [0.1, 0.15) is 6.20 Å². The van der Waals surface area contributed by atoms with Crippen LogP contribution in [-0.4, -0.2) is 36.5 Å². The van der Waals surface area contributed by atoms with Gasteiger partial charge >= 0.3 is 0 Å². The molecule has 0 unspecified atom stereocenters. The van der Waals surface area contributed by atoms with Gasteiger partial charge in [0.15, 0.2) is 0 Å². The first-order chi connectivity index (χ1) is 11.0. The molecule has 0 bridgehead atoms. The maximum atomic E-state index is 12.1. The summed E-state index contributed by atoms with van der Waals surface area (Å²) in [4.78, 5) is 25.7. The van der Waals surface area contributed by atoms with Crippen molar-refractivity contribution < 1.29 is 4.79 Å². The molecular formula is C13H11BrN6O2S. The van der Waals surface area contributed by atoms with Gasteiger partial charge in [0.2, 0.25) is 11.1 Å². The van der Waals surface area contributed by atoms with Crippen LogP contribution >= 0.6 is 27.7 Å². The second-order valence-electron chi connectivity index (χ2n) is 4.65. The lowest BCUT2D eigenvalue weighted by atomic mass is 10.2. The Kier molecular flexibility index (Phi) is 4.44. The highest BCUT2D eigenvalue weighted by Crippen LogP contribution is 2.21. The minimum atomic E-state index is -0.357. The molecule has 0 saturated carbocycles. The standard InChI is InChI=1S/C13H11BrN6O2S/c1-7-4-8(14)2-3-9(7)16-11(22)6-23-13-19-18-12-17-10(21)5-15-20(12)13/h2-5H,6H2,1H3,(H,16,22)(H,17,18,21). The van der Waals surface area contributed by atoms with Gasteiger partial charge in [0.25, 0.3) is 11.3 Å². The number of thioether (sulfide) groups is 1. The van der Waals surface area contributed by atoms with Crippen molar-refractivity contribution in [3.63, 3.8) is 0 Å². The Hall–Kier alpha value is -2.20. The fraction of sp³-hybridized carbons (Fsp3) is 0.154. The lowest BCUT2D eigenvalue weighted by Gasteiger charge is -2.08. The molecule has 1 amide bonds. The third-order valence-corrected chi connectivity index (χ3v) is 4.35. The van der Waals surface area contributed by atoms with Crippen LogP contribution in [0.1, 0.15) is 5.56 Å². The molecular weight excluding hydrogens is 384 g/mol. The maximum Gasteiger partial charge on any atom is 0.271 e. The van der Waals surface area contributed by atoms with E-state index in [4.69, 9.17) is 0 Å². The van der Waals surface area contributed by atoms with Gasteiger partial charge in [-0.1, -0.05) is 27.7 Å². The van der Waals surface area contributed by atoms with Crippen molar-refractivity contribution >= 4 is 45.1 Å². The number of anilines is 1. The average molecular weight is 395 g/mol. The Balaban J connectivity index is 1.67. The van der Waals surface area contributed by atoms with Crippen molar-refractivity contribution in [1.82, 2.24) is 24.8 Å². The number of halogens is 1. The van der Waals surface area contributed by atoms with Gasteiger partial charge in [-0.25, -0.2) is 0 Å². The number of fused-ring (bicyclic) bond motifs is 1. The number of H-pyrrole nitrogens is 1. The van der Waals surface area contributed by atoms with E-state index >= 15 is 0 Å². The van der Waals surface area contributed by atoms with Crippen molar-refractivity contribution in [2.75, 3.05) is 11.1 Å². The van der Waals surface area contributed by atoms with Gasteiger partial charge < -0.3 is 5.32 Å². The fourth-order valence-electron chi connectivity index (χ4n) is 1.87. The van der Waals surface area contributed by atoms with E-state index in [1.165, 1.54) is 16.3 Å². The number of nitrogens with zero attached hydrogens (tertiary/aromatic N) is 4. The number of carbonyl (C=O) groups excluding carboxylic acids is 1. The number of aryl methyl sites for hydroxylation is 1. The Morgan fingerprint density at radius 1 is 1.43 bits per heavy atom. The van der Waals surface area contributed by atoms with Crippen LogP contribution in [0.5, 0.6) is 0 Å². The van der Waals surface area contributed by atoms with Gasteiger partial charge in [-0.2, -0.15) is 9.61 Å². The van der Waals surface area contributed by atoms with Crippen LogP contribution in [0.3, 0.4) is 0 Å². The van der Waals surface area contributed by atoms with E-state index in [0.717, 1.165) is 21.9 Å². The van der Waals surface area contributed by atoms with Crippen molar-refractivity contribution in [3.8, 4) is 0 Å². The zero-order valence-electron chi connectivity index (χ0n) is 11.9. The van der Waals surface area contributed by atoms with Crippen molar-refractivity contribution in [3.05, 3.63) is 44.8 Å². The first kappa shape index (κ1) is 15.7. The topological polar surface area (TPSA) is 105 Å². The number of aromatic amines is 1. The zero-order valence-corrected chi connectivity index (χ0v) is 14.3. The summed E-state index contributed by atoms with van der Waals surface area (Å²) in [5.41, 5.74) is 1.36. The Labute approximate surface area is 142 Å². The quantitative estimate of drug-likeness (QED) is 0.651. The predicted octanol–water partition coefficient (Wildman–Crippen LogP) is 1.61. The first-order valence-corrected chi connectivity index (χ1v) is 8.30. The molecule has 10 heteroatoms. The third kappa shape index (κ3) is 3.59. The molecule has 2 N–H and O–H groups in total. The van der Waals surface area contributed by atoms with E-state index in [-0.39, 0.29) is 23.0 Å². The highest BCUT2D eigenvalue weighted by Gasteiger charge is 2.11. The molecule has 0 aliphatic carbocycles. The molecule has 0 aliphatic rings. The SMILES string of the molecule is Cc1cc(Br)ccc1NC(=O)CSc1nnc2[nH]c(=O)cnn12. The summed E-state index contributed by atoms with van der Waals surface area (Å²) in [5.74, 6) is 0.225. The molecule has 1 aromatic carbocycles. The molecule has 0 fully saturated rings. The Morgan fingerprint density at radius 2 is 2.26 bits per heavy atom. The lowest BCUT2D eigenvalue weighted by Crippen LogP contribution is -2.15. The van der Waals surface area contributed by atoms with E-state index in [1.807, 2.05) is 25.1 Å². The number of amides is 1.